The number of nitriles is 1. The van der Waals surface area contributed by atoms with Crippen molar-refractivity contribution in [3.8, 4) is 6.07 Å². The third-order valence-corrected chi connectivity index (χ3v) is 6.25. The van der Waals surface area contributed by atoms with Crippen LogP contribution >= 0.6 is 34.8 Å². The quantitative estimate of drug-likeness (QED) is 0.515. The van der Waals surface area contributed by atoms with E-state index in [9.17, 15) is 5.26 Å². The zero-order valence-electron chi connectivity index (χ0n) is 16.0. The van der Waals surface area contributed by atoms with Gasteiger partial charge in [-0.1, -0.05) is 65.1 Å². The molecule has 0 bridgehead atoms. The minimum atomic E-state index is -0.260. The van der Waals surface area contributed by atoms with E-state index in [4.69, 9.17) is 39.5 Å². The molecule has 0 radical (unpaired) electrons. The van der Waals surface area contributed by atoms with Gasteiger partial charge in [-0.15, -0.1) is 0 Å². The van der Waals surface area contributed by atoms with Crippen LogP contribution in [-0.2, 0) is 4.74 Å². The summed E-state index contributed by atoms with van der Waals surface area (Å²) in [5, 5.41) is 9.75. The molecule has 7 heteroatoms. The molecule has 4 nitrogen and oxygen atoms in total. The molecular formula is C21H22Cl3N3O. The summed E-state index contributed by atoms with van der Waals surface area (Å²) in [7, 11) is 0. The van der Waals surface area contributed by atoms with Crippen LogP contribution in [0.5, 0.6) is 0 Å². The van der Waals surface area contributed by atoms with Gasteiger partial charge in [-0.2, -0.15) is 5.26 Å². The van der Waals surface area contributed by atoms with Crippen molar-refractivity contribution in [1.82, 2.24) is 4.98 Å². The molecule has 1 aliphatic rings. The van der Waals surface area contributed by atoms with Gasteiger partial charge in [0, 0.05) is 12.6 Å². The molecule has 2 atom stereocenters. The van der Waals surface area contributed by atoms with Gasteiger partial charge in [-0.3, -0.25) is 0 Å². The maximum Gasteiger partial charge on any atom is 0.151 e. The topological polar surface area (TPSA) is 49.2 Å². The van der Waals surface area contributed by atoms with Gasteiger partial charge < -0.3 is 9.64 Å². The molecule has 0 aliphatic carbocycles. The van der Waals surface area contributed by atoms with Crippen molar-refractivity contribution in [2.45, 2.75) is 51.3 Å². The minimum absolute atomic E-state index is 0.0230. The van der Waals surface area contributed by atoms with Crippen LogP contribution in [0.1, 0.15) is 50.8 Å². The first-order valence-corrected chi connectivity index (χ1v) is 10.3. The molecule has 0 amide bonds. The number of benzene rings is 1. The van der Waals surface area contributed by atoms with Gasteiger partial charge in [0.1, 0.15) is 16.7 Å². The van der Waals surface area contributed by atoms with Gasteiger partial charge in [0.25, 0.3) is 0 Å². The van der Waals surface area contributed by atoms with E-state index in [0.29, 0.717) is 12.4 Å². The van der Waals surface area contributed by atoms with Crippen molar-refractivity contribution in [1.29, 1.82) is 5.26 Å². The predicted octanol–water partition coefficient (Wildman–Crippen LogP) is 6.44. The standard InChI is InChI=1S/C21H22Cl3N3O/c1-13(14-7-5-4-6-8-14)27(15-9-10-28-21(2,3)11-15)20-18(23)17(22)16(12-25)19(24)26-20/h4-8,13,15H,9-11H2,1-3H3. The highest BCUT2D eigenvalue weighted by atomic mass is 35.5. The lowest BCUT2D eigenvalue weighted by Crippen LogP contribution is -2.47. The lowest BCUT2D eigenvalue weighted by atomic mass is 9.91. The Morgan fingerprint density at radius 1 is 1.21 bits per heavy atom. The van der Waals surface area contributed by atoms with E-state index in [2.05, 4.69) is 42.8 Å². The highest BCUT2D eigenvalue weighted by Gasteiger charge is 2.37. The maximum absolute atomic E-state index is 9.31. The minimum Gasteiger partial charge on any atom is -0.375 e. The predicted molar refractivity (Wildman–Crippen MR) is 114 cm³/mol. The number of halogens is 3. The average Bonchev–Trinajstić information content (AvgIpc) is 2.66. The molecule has 2 aromatic rings. The number of hydrogen-bond acceptors (Lipinski definition) is 4. The lowest BCUT2D eigenvalue weighted by Gasteiger charge is -2.44. The van der Waals surface area contributed by atoms with E-state index < -0.39 is 0 Å². The Kier molecular flexibility index (Phi) is 6.41. The van der Waals surface area contributed by atoms with E-state index in [1.54, 1.807) is 0 Å². The van der Waals surface area contributed by atoms with Crippen LogP contribution in [0.15, 0.2) is 30.3 Å². The fourth-order valence-electron chi connectivity index (χ4n) is 3.76. The third-order valence-electron chi connectivity index (χ3n) is 5.14. The molecule has 1 aliphatic heterocycles. The van der Waals surface area contributed by atoms with Crippen molar-refractivity contribution >= 4 is 40.6 Å². The van der Waals surface area contributed by atoms with Crippen molar-refractivity contribution in [3.63, 3.8) is 0 Å². The largest absolute Gasteiger partial charge is 0.375 e. The van der Waals surface area contributed by atoms with E-state index in [1.165, 1.54) is 0 Å². The van der Waals surface area contributed by atoms with Crippen molar-refractivity contribution in [2.75, 3.05) is 11.5 Å². The molecular weight excluding hydrogens is 417 g/mol. The Balaban J connectivity index is 2.13. The fourth-order valence-corrected chi connectivity index (χ4v) is 4.48. The number of nitrogens with zero attached hydrogens (tertiary/aromatic N) is 3. The molecule has 1 fully saturated rings. The number of aromatic nitrogens is 1. The molecule has 0 saturated carbocycles. The number of pyridine rings is 1. The first-order chi connectivity index (χ1) is 13.2. The number of ether oxygens (including phenoxy) is 1. The SMILES string of the molecule is CC(c1ccccc1)N(c1nc(Cl)c(C#N)c(Cl)c1Cl)C1CCOC(C)(C)C1. The average molecular weight is 439 g/mol. The van der Waals surface area contributed by atoms with Crippen LogP contribution in [0.2, 0.25) is 15.2 Å². The second kappa shape index (κ2) is 8.47. The summed E-state index contributed by atoms with van der Waals surface area (Å²) in [5.41, 5.74) is 0.961. The molecule has 1 aromatic heterocycles. The van der Waals surface area contributed by atoms with E-state index in [-0.39, 0.29) is 38.4 Å². The van der Waals surface area contributed by atoms with Crippen LogP contribution in [0, 0.1) is 11.3 Å². The third kappa shape index (κ3) is 4.23. The van der Waals surface area contributed by atoms with Gasteiger partial charge >= 0.3 is 0 Å². The van der Waals surface area contributed by atoms with Crippen LogP contribution in [0.3, 0.4) is 0 Å². The highest BCUT2D eigenvalue weighted by molar-refractivity contribution is 6.45. The summed E-state index contributed by atoms with van der Waals surface area (Å²) < 4.78 is 5.91. The summed E-state index contributed by atoms with van der Waals surface area (Å²) >= 11 is 19.2. The second-order valence-electron chi connectivity index (χ2n) is 7.59. The molecule has 3 rings (SSSR count). The van der Waals surface area contributed by atoms with Crippen molar-refractivity contribution in [2.24, 2.45) is 0 Å². The summed E-state index contributed by atoms with van der Waals surface area (Å²) in [6.07, 6.45) is 1.63. The Hall–Kier alpha value is -1.51. The summed E-state index contributed by atoms with van der Waals surface area (Å²) in [4.78, 5) is 6.65. The van der Waals surface area contributed by atoms with Crippen LogP contribution in [0.25, 0.3) is 0 Å². The first kappa shape index (κ1) is 21.2. The molecule has 28 heavy (non-hydrogen) atoms. The Morgan fingerprint density at radius 2 is 1.89 bits per heavy atom. The zero-order chi connectivity index (χ0) is 20.5. The zero-order valence-corrected chi connectivity index (χ0v) is 18.3. The molecule has 2 unspecified atom stereocenters. The number of hydrogen-bond donors (Lipinski definition) is 0. The molecule has 148 valence electrons. The van der Waals surface area contributed by atoms with Crippen molar-refractivity contribution in [3.05, 3.63) is 56.7 Å². The van der Waals surface area contributed by atoms with Gasteiger partial charge in [-0.25, -0.2) is 4.98 Å². The Bertz CT molecular complexity index is 896. The molecule has 1 saturated heterocycles. The lowest BCUT2D eigenvalue weighted by molar-refractivity contribution is -0.0597. The van der Waals surface area contributed by atoms with E-state index >= 15 is 0 Å². The van der Waals surface area contributed by atoms with E-state index in [1.807, 2.05) is 24.3 Å². The molecule has 0 spiro atoms. The smallest absolute Gasteiger partial charge is 0.151 e. The highest BCUT2D eigenvalue weighted by Crippen LogP contribution is 2.43. The van der Waals surface area contributed by atoms with E-state index in [0.717, 1.165) is 18.4 Å². The summed E-state index contributed by atoms with van der Waals surface area (Å²) in [5.74, 6) is 0.495. The van der Waals surface area contributed by atoms with Crippen LogP contribution < -0.4 is 4.90 Å². The van der Waals surface area contributed by atoms with Crippen molar-refractivity contribution < 1.29 is 4.74 Å². The van der Waals surface area contributed by atoms with Crippen LogP contribution in [-0.4, -0.2) is 23.2 Å². The second-order valence-corrected chi connectivity index (χ2v) is 8.70. The molecule has 1 aromatic carbocycles. The maximum atomic E-state index is 9.31. The van der Waals surface area contributed by atoms with Gasteiger partial charge in [-0.05, 0) is 39.2 Å². The first-order valence-electron chi connectivity index (χ1n) is 9.17. The normalized spacial score (nSPS) is 19.7. The monoisotopic (exact) mass is 437 g/mol. The molecule has 0 N–H and O–H groups in total. The Morgan fingerprint density at radius 3 is 2.50 bits per heavy atom. The fraction of sp³-hybridized carbons (Fsp3) is 0.429. The molecule has 2 heterocycles. The van der Waals surface area contributed by atoms with Gasteiger partial charge in [0.15, 0.2) is 11.0 Å². The Labute approximate surface area is 181 Å². The summed E-state index contributed by atoms with van der Waals surface area (Å²) in [6, 6.07) is 12.2. The number of anilines is 1. The number of rotatable bonds is 4. The van der Waals surface area contributed by atoms with Gasteiger partial charge in [0.2, 0.25) is 0 Å². The van der Waals surface area contributed by atoms with Crippen LogP contribution in [0.4, 0.5) is 5.82 Å². The summed E-state index contributed by atoms with van der Waals surface area (Å²) in [6.45, 7) is 6.91. The van der Waals surface area contributed by atoms with Gasteiger partial charge in [0.05, 0.1) is 16.7 Å².